The highest BCUT2D eigenvalue weighted by Crippen LogP contribution is 2.34. The number of benzene rings is 1. The van der Waals surface area contributed by atoms with Crippen molar-refractivity contribution >= 4 is 46.1 Å². The molecule has 0 bridgehead atoms. The molecule has 0 unspecified atom stereocenters. The van der Waals surface area contributed by atoms with Gasteiger partial charge in [0.25, 0.3) is 5.91 Å². The predicted octanol–water partition coefficient (Wildman–Crippen LogP) is 4.12. The lowest BCUT2D eigenvalue weighted by Crippen LogP contribution is -2.13. The second-order valence-corrected chi connectivity index (χ2v) is 5.47. The zero-order valence-corrected chi connectivity index (χ0v) is 11.7. The standard InChI is InChI=1S/C10H4Cl2F3N3OS/c11-5-2-1-4(10(13,14)15)3-6(5)16-7(19)8-17-18-9(12)20-8/h1-3H,(H,16,19). The average molecular weight is 342 g/mol. The fourth-order valence-corrected chi connectivity index (χ4v) is 2.16. The largest absolute Gasteiger partial charge is 0.416 e. The Labute approximate surface area is 124 Å². The minimum Gasteiger partial charge on any atom is -0.318 e. The summed E-state index contributed by atoms with van der Waals surface area (Å²) in [7, 11) is 0. The van der Waals surface area contributed by atoms with E-state index < -0.39 is 17.6 Å². The molecule has 0 aliphatic carbocycles. The summed E-state index contributed by atoms with van der Waals surface area (Å²) in [6, 6.07) is 2.61. The molecule has 1 amide bonds. The number of hydrogen-bond donors (Lipinski definition) is 1. The lowest BCUT2D eigenvalue weighted by Gasteiger charge is -2.10. The Morgan fingerprint density at radius 3 is 2.50 bits per heavy atom. The highest BCUT2D eigenvalue weighted by atomic mass is 35.5. The van der Waals surface area contributed by atoms with Crippen LogP contribution in [-0.4, -0.2) is 16.1 Å². The van der Waals surface area contributed by atoms with E-state index in [1.807, 2.05) is 0 Å². The van der Waals surface area contributed by atoms with Crippen molar-refractivity contribution in [3.63, 3.8) is 0 Å². The van der Waals surface area contributed by atoms with Crippen LogP contribution in [0.15, 0.2) is 18.2 Å². The third-order valence-corrected chi connectivity index (χ3v) is 3.48. The van der Waals surface area contributed by atoms with Gasteiger partial charge < -0.3 is 5.32 Å². The van der Waals surface area contributed by atoms with Gasteiger partial charge in [0.15, 0.2) is 0 Å². The van der Waals surface area contributed by atoms with Gasteiger partial charge in [-0.2, -0.15) is 13.2 Å². The fraction of sp³-hybridized carbons (Fsp3) is 0.100. The highest BCUT2D eigenvalue weighted by Gasteiger charge is 2.31. The van der Waals surface area contributed by atoms with Crippen molar-refractivity contribution in [1.82, 2.24) is 10.2 Å². The summed E-state index contributed by atoms with van der Waals surface area (Å²) in [5.74, 6) is -0.740. The molecule has 0 saturated heterocycles. The molecule has 1 aromatic carbocycles. The van der Waals surface area contributed by atoms with Gasteiger partial charge in [0.1, 0.15) is 0 Å². The molecule has 1 aromatic heterocycles. The Bertz CT molecular complexity index is 659. The maximum absolute atomic E-state index is 12.6. The Kier molecular flexibility index (Phi) is 4.17. The number of amides is 1. The fourth-order valence-electron chi connectivity index (χ4n) is 1.27. The molecule has 0 fully saturated rings. The van der Waals surface area contributed by atoms with Crippen molar-refractivity contribution in [1.29, 1.82) is 0 Å². The van der Waals surface area contributed by atoms with Crippen LogP contribution in [0.3, 0.4) is 0 Å². The number of carbonyl (C=O) groups excluding carboxylic acids is 1. The number of aromatic nitrogens is 2. The van der Waals surface area contributed by atoms with Crippen LogP contribution in [-0.2, 0) is 6.18 Å². The molecule has 20 heavy (non-hydrogen) atoms. The van der Waals surface area contributed by atoms with Crippen molar-refractivity contribution in [3.8, 4) is 0 Å². The summed E-state index contributed by atoms with van der Waals surface area (Å²) >= 11 is 12.1. The van der Waals surface area contributed by atoms with E-state index in [2.05, 4.69) is 15.5 Å². The number of halogens is 5. The molecule has 0 aliphatic rings. The van der Waals surface area contributed by atoms with E-state index in [4.69, 9.17) is 23.2 Å². The van der Waals surface area contributed by atoms with Gasteiger partial charge >= 0.3 is 6.18 Å². The molecule has 106 valence electrons. The van der Waals surface area contributed by atoms with Crippen LogP contribution in [0.5, 0.6) is 0 Å². The number of rotatable bonds is 2. The van der Waals surface area contributed by atoms with Gasteiger partial charge in [-0.3, -0.25) is 4.79 Å². The first-order valence-corrected chi connectivity index (χ1v) is 6.51. The summed E-state index contributed by atoms with van der Waals surface area (Å²) in [6.07, 6.45) is -4.53. The topological polar surface area (TPSA) is 54.9 Å². The van der Waals surface area contributed by atoms with E-state index in [1.54, 1.807) is 0 Å². The van der Waals surface area contributed by atoms with E-state index in [-0.39, 0.29) is 20.2 Å². The number of nitrogens with zero attached hydrogens (tertiary/aromatic N) is 2. The van der Waals surface area contributed by atoms with Crippen LogP contribution in [0.2, 0.25) is 9.49 Å². The van der Waals surface area contributed by atoms with Gasteiger partial charge in [0, 0.05) is 0 Å². The molecule has 0 saturated carbocycles. The minimum absolute atomic E-state index is 0.0260. The van der Waals surface area contributed by atoms with Gasteiger partial charge in [-0.05, 0) is 29.8 Å². The van der Waals surface area contributed by atoms with Crippen molar-refractivity contribution in [2.24, 2.45) is 0 Å². The molecule has 0 aliphatic heterocycles. The first-order valence-electron chi connectivity index (χ1n) is 4.94. The molecule has 2 aromatic rings. The molecule has 0 radical (unpaired) electrons. The first-order chi connectivity index (χ1) is 9.27. The van der Waals surface area contributed by atoms with Crippen molar-refractivity contribution in [3.05, 3.63) is 38.3 Å². The van der Waals surface area contributed by atoms with Crippen molar-refractivity contribution in [2.75, 3.05) is 5.32 Å². The second kappa shape index (κ2) is 5.55. The van der Waals surface area contributed by atoms with Crippen molar-refractivity contribution < 1.29 is 18.0 Å². The van der Waals surface area contributed by atoms with Crippen LogP contribution in [0.4, 0.5) is 18.9 Å². The van der Waals surface area contributed by atoms with E-state index >= 15 is 0 Å². The molecule has 1 N–H and O–H groups in total. The molecule has 1 heterocycles. The van der Waals surface area contributed by atoms with Crippen molar-refractivity contribution in [2.45, 2.75) is 6.18 Å². The van der Waals surface area contributed by atoms with Crippen LogP contribution in [0, 0.1) is 0 Å². The van der Waals surface area contributed by atoms with Gasteiger partial charge in [-0.15, -0.1) is 10.2 Å². The number of alkyl halides is 3. The monoisotopic (exact) mass is 341 g/mol. The van der Waals surface area contributed by atoms with Gasteiger partial charge in [-0.1, -0.05) is 22.9 Å². The smallest absolute Gasteiger partial charge is 0.318 e. The summed E-state index contributed by atoms with van der Waals surface area (Å²) in [4.78, 5) is 11.7. The zero-order chi connectivity index (χ0) is 14.9. The number of anilines is 1. The maximum atomic E-state index is 12.6. The van der Waals surface area contributed by atoms with Crippen LogP contribution >= 0.6 is 34.5 Å². The van der Waals surface area contributed by atoms with Crippen LogP contribution < -0.4 is 5.32 Å². The van der Waals surface area contributed by atoms with E-state index in [0.29, 0.717) is 0 Å². The SMILES string of the molecule is O=C(Nc1cc(C(F)(F)F)ccc1Cl)c1nnc(Cl)s1. The summed E-state index contributed by atoms with van der Waals surface area (Å²) in [6.45, 7) is 0. The molecule has 0 spiro atoms. The molecular formula is C10H4Cl2F3N3OS. The lowest BCUT2D eigenvalue weighted by molar-refractivity contribution is -0.137. The predicted molar refractivity (Wildman–Crippen MR) is 69.3 cm³/mol. The first kappa shape index (κ1) is 15.0. The summed E-state index contributed by atoms with van der Waals surface area (Å²) in [5.41, 5.74) is -1.09. The lowest BCUT2D eigenvalue weighted by atomic mass is 10.2. The number of hydrogen-bond acceptors (Lipinski definition) is 4. The third kappa shape index (κ3) is 3.38. The molecule has 0 atom stereocenters. The summed E-state index contributed by atoms with van der Waals surface area (Å²) in [5, 5.41) is 9.02. The molecular weight excluding hydrogens is 338 g/mol. The third-order valence-electron chi connectivity index (χ3n) is 2.14. The number of nitrogens with one attached hydrogen (secondary N) is 1. The van der Waals surface area contributed by atoms with Crippen LogP contribution in [0.25, 0.3) is 0 Å². The summed E-state index contributed by atoms with van der Waals surface area (Å²) < 4.78 is 37.8. The van der Waals surface area contributed by atoms with E-state index in [0.717, 1.165) is 29.5 Å². The average Bonchev–Trinajstić information content (AvgIpc) is 2.77. The normalized spacial score (nSPS) is 11.4. The Morgan fingerprint density at radius 1 is 1.25 bits per heavy atom. The highest BCUT2D eigenvalue weighted by molar-refractivity contribution is 7.17. The molecule has 4 nitrogen and oxygen atoms in total. The Hall–Kier alpha value is -1.38. The van der Waals surface area contributed by atoms with Gasteiger partial charge in [0.2, 0.25) is 9.47 Å². The Morgan fingerprint density at radius 2 is 1.95 bits per heavy atom. The van der Waals surface area contributed by atoms with Crippen LogP contribution in [0.1, 0.15) is 15.4 Å². The molecule has 2 rings (SSSR count). The minimum atomic E-state index is -4.53. The Balaban J connectivity index is 2.27. The van der Waals surface area contributed by atoms with Gasteiger partial charge in [-0.25, -0.2) is 0 Å². The van der Waals surface area contributed by atoms with E-state index in [1.165, 1.54) is 0 Å². The quantitative estimate of drug-likeness (QED) is 0.893. The van der Waals surface area contributed by atoms with E-state index in [9.17, 15) is 18.0 Å². The second-order valence-electron chi connectivity index (χ2n) is 3.51. The zero-order valence-electron chi connectivity index (χ0n) is 9.33. The maximum Gasteiger partial charge on any atom is 0.416 e. The van der Waals surface area contributed by atoms with Gasteiger partial charge in [0.05, 0.1) is 16.3 Å². The molecule has 10 heteroatoms. The number of carbonyl (C=O) groups is 1.